The highest BCUT2D eigenvalue weighted by atomic mass is 32.2. The summed E-state index contributed by atoms with van der Waals surface area (Å²) < 4.78 is 25.8. The Morgan fingerprint density at radius 2 is 1.81 bits per heavy atom. The van der Waals surface area contributed by atoms with Gasteiger partial charge in [0, 0.05) is 6.54 Å². The lowest BCUT2D eigenvalue weighted by atomic mass is 9.99. The van der Waals surface area contributed by atoms with Gasteiger partial charge in [-0.1, -0.05) is 27.7 Å². The van der Waals surface area contributed by atoms with E-state index in [0.29, 0.717) is 24.8 Å². The first-order chi connectivity index (χ1) is 7.39. The fraction of sp³-hybridized carbons (Fsp3) is 1.00. The van der Waals surface area contributed by atoms with Crippen molar-refractivity contribution in [1.82, 2.24) is 10.0 Å². The third-order valence-electron chi connectivity index (χ3n) is 2.78. The second kappa shape index (κ2) is 8.03. The lowest BCUT2D eigenvalue weighted by molar-refractivity contribution is 0.414. The third kappa shape index (κ3) is 8.07. The van der Waals surface area contributed by atoms with Crippen molar-refractivity contribution in [3.8, 4) is 0 Å². The molecule has 0 spiro atoms. The smallest absolute Gasteiger partial charge is 0.211 e. The minimum atomic E-state index is -3.08. The molecule has 0 aliphatic heterocycles. The predicted molar refractivity (Wildman–Crippen MR) is 69.0 cm³/mol. The van der Waals surface area contributed by atoms with Crippen molar-refractivity contribution in [2.75, 3.05) is 25.4 Å². The van der Waals surface area contributed by atoms with Gasteiger partial charge in [-0.2, -0.15) is 0 Å². The van der Waals surface area contributed by atoms with Crippen LogP contribution in [0.25, 0.3) is 0 Å². The van der Waals surface area contributed by atoms with Gasteiger partial charge in [-0.25, -0.2) is 13.1 Å². The van der Waals surface area contributed by atoms with Gasteiger partial charge in [-0.3, -0.25) is 0 Å². The maximum absolute atomic E-state index is 11.6. The SMILES string of the molecule is CCNCCCS(=O)(=O)NCC(C)C(C)C. The molecule has 1 atom stereocenters. The third-order valence-corrected chi connectivity index (χ3v) is 4.21. The molecule has 0 aromatic heterocycles. The lowest BCUT2D eigenvalue weighted by Crippen LogP contribution is -2.33. The van der Waals surface area contributed by atoms with E-state index in [1.165, 1.54) is 0 Å². The fourth-order valence-electron chi connectivity index (χ4n) is 1.13. The zero-order valence-electron chi connectivity index (χ0n) is 10.9. The summed E-state index contributed by atoms with van der Waals surface area (Å²) in [5, 5.41) is 3.11. The molecule has 4 nitrogen and oxygen atoms in total. The van der Waals surface area contributed by atoms with Gasteiger partial charge >= 0.3 is 0 Å². The largest absolute Gasteiger partial charge is 0.317 e. The summed E-state index contributed by atoms with van der Waals surface area (Å²) in [6.45, 7) is 10.5. The molecule has 2 N–H and O–H groups in total. The standard InChI is InChI=1S/C11H26N2O2S/c1-5-12-7-6-8-16(14,15)13-9-11(4)10(2)3/h10-13H,5-9H2,1-4H3. The highest BCUT2D eigenvalue weighted by molar-refractivity contribution is 7.89. The van der Waals surface area contributed by atoms with Crippen LogP contribution in [0.1, 0.15) is 34.1 Å². The van der Waals surface area contributed by atoms with Crippen LogP contribution in [0, 0.1) is 11.8 Å². The summed E-state index contributed by atoms with van der Waals surface area (Å²) in [4.78, 5) is 0. The monoisotopic (exact) mass is 250 g/mol. The zero-order valence-corrected chi connectivity index (χ0v) is 11.7. The van der Waals surface area contributed by atoms with Gasteiger partial charge < -0.3 is 5.32 Å². The van der Waals surface area contributed by atoms with Crippen LogP contribution in [-0.4, -0.2) is 33.8 Å². The van der Waals surface area contributed by atoms with Crippen LogP contribution in [-0.2, 0) is 10.0 Å². The molecule has 0 rings (SSSR count). The molecule has 0 aromatic carbocycles. The minimum Gasteiger partial charge on any atom is -0.317 e. The molecule has 0 saturated heterocycles. The summed E-state index contributed by atoms with van der Waals surface area (Å²) >= 11 is 0. The van der Waals surface area contributed by atoms with Crippen molar-refractivity contribution in [2.45, 2.75) is 34.1 Å². The average molecular weight is 250 g/mol. The Balaban J connectivity index is 3.79. The molecule has 0 aromatic rings. The second-order valence-corrected chi connectivity index (χ2v) is 6.52. The molecule has 0 radical (unpaired) electrons. The van der Waals surface area contributed by atoms with Crippen molar-refractivity contribution in [3.05, 3.63) is 0 Å². The molecule has 5 heteroatoms. The predicted octanol–water partition coefficient (Wildman–Crippen LogP) is 1.20. The summed E-state index contributed by atoms with van der Waals surface area (Å²) in [5.41, 5.74) is 0. The van der Waals surface area contributed by atoms with Crippen LogP contribution in [0.4, 0.5) is 0 Å². The van der Waals surface area contributed by atoms with Gasteiger partial charge in [0.25, 0.3) is 0 Å². The molecule has 0 amide bonds. The van der Waals surface area contributed by atoms with Crippen LogP contribution in [0.15, 0.2) is 0 Å². The second-order valence-electron chi connectivity index (χ2n) is 4.60. The van der Waals surface area contributed by atoms with Crippen LogP contribution in [0.5, 0.6) is 0 Å². The number of hydrogen-bond acceptors (Lipinski definition) is 3. The van der Waals surface area contributed by atoms with Gasteiger partial charge in [0.15, 0.2) is 0 Å². The molecule has 0 bridgehead atoms. The number of sulfonamides is 1. The van der Waals surface area contributed by atoms with E-state index >= 15 is 0 Å². The van der Waals surface area contributed by atoms with Gasteiger partial charge in [-0.15, -0.1) is 0 Å². The van der Waals surface area contributed by atoms with Gasteiger partial charge in [-0.05, 0) is 31.3 Å². The molecular weight excluding hydrogens is 224 g/mol. The minimum absolute atomic E-state index is 0.213. The highest BCUT2D eigenvalue weighted by Crippen LogP contribution is 2.08. The first-order valence-electron chi connectivity index (χ1n) is 6.07. The van der Waals surface area contributed by atoms with E-state index < -0.39 is 10.0 Å². The molecule has 0 aliphatic rings. The van der Waals surface area contributed by atoms with Gasteiger partial charge in [0.05, 0.1) is 5.75 Å². The van der Waals surface area contributed by atoms with Gasteiger partial charge in [0.1, 0.15) is 0 Å². The van der Waals surface area contributed by atoms with Crippen molar-refractivity contribution >= 4 is 10.0 Å². The summed E-state index contributed by atoms with van der Waals surface area (Å²) in [6.07, 6.45) is 0.666. The Morgan fingerprint density at radius 3 is 2.31 bits per heavy atom. The quantitative estimate of drug-likeness (QED) is 0.605. The number of rotatable bonds is 9. The van der Waals surface area contributed by atoms with Crippen LogP contribution < -0.4 is 10.0 Å². The zero-order chi connectivity index (χ0) is 12.6. The number of hydrogen-bond donors (Lipinski definition) is 2. The van der Waals surface area contributed by atoms with E-state index in [9.17, 15) is 8.42 Å². The van der Waals surface area contributed by atoms with Crippen molar-refractivity contribution in [1.29, 1.82) is 0 Å². The van der Waals surface area contributed by atoms with E-state index in [1.54, 1.807) is 0 Å². The normalized spacial score (nSPS) is 14.3. The molecule has 98 valence electrons. The Morgan fingerprint density at radius 1 is 1.19 bits per heavy atom. The van der Waals surface area contributed by atoms with Crippen LogP contribution in [0.2, 0.25) is 0 Å². The van der Waals surface area contributed by atoms with E-state index in [-0.39, 0.29) is 5.75 Å². The number of nitrogens with one attached hydrogen (secondary N) is 2. The summed E-state index contributed by atoms with van der Waals surface area (Å²) in [7, 11) is -3.08. The lowest BCUT2D eigenvalue weighted by Gasteiger charge is -2.16. The van der Waals surface area contributed by atoms with Crippen molar-refractivity contribution < 1.29 is 8.42 Å². The molecule has 0 aliphatic carbocycles. The summed E-state index contributed by atoms with van der Waals surface area (Å²) in [5.74, 6) is 1.10. The topological polar surface area (TPSA) is 58.2 Å². The average Bonchev–Trinajstić information content (AvgIpc) is 2.21. The van der Waals surface area contributed by atoms with Gasteiger partial charge in [0.2, 0.25) is 10.0 Å². The van der Waals surface area contributed by atoms with Crippen LogP contribution >= 0.6 is 0 Å². The molecule has 0 saturated carbocycles. The maximum Gasteiger partial charge on any atom is 0.211 e. The Hall–Kier alpha value is -0.130. The highest BCUT2D eigenvalue weighted by Gasteiger charge is 2.13. The fourth-order valence-corrected chi connectivity index (χ4v) is 2.32. The first kappa shape index (κ1) is 15.9. The van der Waals surface area contributed by atoms with Crippen molar-refractivity contribution in [2.24, 2.45) is 11.8 Å². The Labute approximate surface area is 100 Å². The van der Waals surface area contributed by atoms with E-state index in [4.69, 9.17) is 0 Å². The molecule has 0 fully saturated rings. The molecule has 0 heterocycles. The van der Waals surface area contributed by atoms with E-state index in [1.807, 2.05) is 6.92 Å². The summed E-state index contributed by atoms with van der Waals surface area (Å²) in [6, 6.07) is 0. The molecular formula is C11H26N2O2S. The Kier molecular flexibility index (Phi) is 7.97. The Bertz CT molecular complexity index is 263. The molecule has 1 unspecified atom stereocenters. The first-order valence-corrected chi connectivity index (χ1v) is 7.72. The van der Waals surface area contributed by atoms with E-state index in [2.05, 4.69) is 30.8 Å². The van der Waals surface area contributed by atoms with Crippen molar-refractivity contribution in [3.63, 3.8) is 0 Å². The van der Waals surface area contributed by atoms with Crippen LogP contribution in [0.3, 0.4) is 0 Å². The molecule has 16 heavy (non-hydrogen) atoms. The maximum atomic E-state index is 11.6. The van der Waals surface area contributed by atoms with E-state index in [0.717, 1.165) is 13.1 Å².